The molecule has 1 fully saturated rings. The van der Waals surface area contributed by atoms with Crippen molar-refractivity contribution in [3.8, 4) is 17.2 Å². The van der Waals surface area contributed by atoms with Gasteiger partial charge in [-0.15, -0.1) is 0 Å². The van der Waals surface area contributed by atoms with Crippen molar-refractivity contribution in [2.24, 2.45) is 0 Å². The van der Waals surface area contributed by atoms with Crippen LogP contribution in [-0.4, -0.2) is 9.97 Å². The molecule has 0 atom stereocenters. The second kappa shape index (κ2) is 4.11. The Morgan fingerprint density at radius 3 is 2.67 bits per heavy atom. The van der Waals surface area contributed by atoms with Gasteiger partial charge in [-0.1, -0.05) is 0 Å². The van der Waals surface area contributed by atoms with Crippen molar-refractivity contribution >= 4 is 0 Å². The number of aromatic amines is 1. The zero-order valence-electron chi connectivity index (χ0n) is 9.68. The lowest BCUT2D eigenvalue weighted by Crippen LogP contribution is -2.13. The summed E-state index contributed by atoms with van der Waals surface area (Å²) < 4.78 is 0. The fourth-order valence-electron chi connectivity index (χ4n) is 2.09. The van der Waals surface area contributed by atoms with Gasteiger partial charge in [0.2, 0.25) is 0 Å². The summed E-state index contributed by atoms with van der Waals surface area (Å²) in [6.45, 7) is 0. The topological polar surface area (TPSA) is 69.5 Å². The number of aromatic nitrogens is 2. The summed E-state index contributed by atoms with van der Waals surface area (Å²) in [6, 6.07) is 7.39. The van der Waals surface area contributed by atoms with E-state index in [-0.39, 0.29) is 11.1 Å². The first kappa shape index (κ1) is 10.7. The van der Waals surface area contributed by atoms with E-state index in [0.29, 0.717) is 5.92 Å². The van der Waals surface area contributed by atoms with Crippen LogP contribution in [0, 0.1) is 11.3 Å². The highest BCUT2D eigenvalue weighted by molar-refractivity contribution is 5.68. The van der Waals surface area contributed by atoms with Crippen LogP contribution in [-0.2, 0) is 0 Å². The summed E-state index contributed by atoms with van der Waals surface area (Å²) in [7, 11) is 0. The summed E-state index contributed by atoms with van der Waals surface area (Å²) in [6.07, 6.45) is 5.62. The summed E-state index contributed by atoms with van der Waals surface area (Å²) >= 11 is 0. The molecule has 1 aliphatic carbocycles. The number of rotatable bonds is 2. The number of nitrogens with zero attached hydrogens (tertiary/aromatic N) is 2. The third-order valence-corrected chi connectivity index (χ3v) is 3.17. The van der Waals surface area contributed by atoms with E-state index in [4.69, 9.17) is 5.26 Å². The van der Waals surface area contributed by atoms with Gasteiger partial charge in [-0.25, -0.2) is 0 Å². The lowest BCUT2D eigenvalue weighted by atomic mass is 10.0. The molecule has 4 nitrogen and oxygen atoms in total. The van der Waals surface area contributed by atoms with Crippen LogP contribution in [0.25, 0.3) is 11.1 Å². The van der Waals surface area contributed by atoms with Gasteiger partial charge in [0.15, 0.2) is 0 Å². The van der Waals surface area contributed by atoms with Crippen molar-refractivity contribution in [2.45, 2.75) is 18.8 Å². The van der Waals surface area contributed by atoms with Crippen molar-refractivity contribution in [1.82, 2.24) is 9.97 Å². The summed E-state index contributed by atoms with van der Waals surface area (Å²) in [5, 5.41) is 8.95. The Kier molecular flexibility index (Phi) is 2.45. The number of nitrogens with one attached hydrogen (secondary N) is 1. The Morgan fingerprint density at radius 2 is 2.06 bits per heavy atom. The smallest absolute Gasteiger partial charge is 0.266 e. The largest absolute Gasteiger partial charge is 0.324 e. The molecule has 2 aromatic heterocycles. The van der Waals surface area contributed by atoms with Gasteiger partial charge in [0, 0.05) is 23.7 Å². The van der Waals surface area contributed by atoms with Crippen LogP contribution in [0.3, 0.4) is 0 Å². The fourth-order valence-corrected chi connectivity index (χ4v) is 2.09. The van der Waals surface area contributed by atoms with Gasteiger partial charge in [-0.2, -0.15) is 5.26 Å². The molecule has 1 aliphatic rings. The van der Waals surface area contributed by atoms with Crippen molar-refractivity contribution < 1.29 is 0 Å². The molecule has 0 unspecified atom stereocenters. The first-order valence-corrected chi connectivity index (χ1v) is 5.87. The van der Waals surface area contributed by atoms with E-state index in [1.807, 2.05) is 18.2 Å². The Morgan fingerprint density at radius 1 is 1.33 bits per heavy atom. The van der Waals surface area contributed by atoms with E-state index in [2.05, 4.69) is 9.97 Å². The van der Waals surface area contributed by atoms with Crippen LogP contribution in [0.15, 0.2) is 35.4 Å². The monoisotopic (exact) mass is 237 g/mol. The van der Waals surface area contributed by atoms with Gasteiger partial charge in [0.05, 0.1) is 0 Å². The number of nitriles is 1. The SMILES string of the molecule is N#Cc1cc(-c2ccncc2)c(C2CC2)[nH]c1=O. The Bertz CT molecular complexity index is 678. The third-order valence-electron chi connectivity index (χ3n) is 3.17. The van der Waals surface area contributed by atoms with Gasteiger partial charge < -0.3 is 4.98 Å². The minimum Gasteiger partial charge on any atom is -0.324 e. The standard InChI is InChI=1S/C14H11N3O/c15-8-11-7-12(9-3-5-16-6-4-9)13(10-1-2-10)17-14(11)18/h3-7,10H,1-2H2,(H,17,18). The molecule has 88 valence electrons. The number of pyridine rings is 2. The molecule has 1 N–H and O–H groups in total. The average Bonchev–Trinajstić information content (AvgIpc) is 3.24. The van der Waals surface area contributed by atoms with E-state index in [0.717, 1.165) is 29.7 Å². The third kappa shape index (κ3) is 1.80. The average molecular weight is 237 g/mol. The van der Waals surface area contributed by atoms with Gasteiger partial charge in [0.25, 0.3) is 5.56 Å². The first-order chi connectivity index (χ1) is 8.79. The minimum absolute atomic E-state index is 0.159. The zero-order chi connectivity index (χ0) is 12.5. The normalized spacial score (nSPS) is 14.2. The van der Waals surface area contributed by atoms with E-state index in [9.17, 15) is 4.79 Å². The maximum absolute atomic E-state index is 11.7. The van der Waals surface area contributed by atoms with Crippen LogP contribution in [0.5, 0.6) is 0 Å². The minimum atomic E-state index is -0.294. The maximum atomic E-state index is 11.7. The second-order valence-electron chi connectivity index (χ2n) is 4.46. The molecule has 3 rings (SSSR count). The van der Waals surface area contributed by atoms with E-state index >= 15 is 0 Å². The van der Waals surface area contributed by atoms with Crippen LogP contribution in [0.2, 0.25) is 0 Å². The molecule has 2 aromatic rings. The van der Waals surface area contributed by atoms with Crippen LogP contribution >= 0.6 is 0 Å². The van der Waals surface area contributed by atoms with Crippen LogP contribution in [0.4, 0.5) is 0 Å². The van der Waals surface area contributed by atoms with Crippen molar-refractivity contribution in [3.05, 3.63) is 52.2 Å². The highest BCUT2D eigenvalue weighted by Crippen LogP contribution is 2.42. The maximum Gasteiger partial charge on any atom is 0.266 e. The van der Waals surface area contributed by atoms with Crippen LogP contribution < -0.4 is 5.56 Å². The molecule has 0 spiro atoms. The molecular formula is C14H11N3O. The Hall–Kier alpha value is -2.41. The predicted molar refractivity (Wildman–Crippen MR) is 67.0 cm³/mol. The first-order valence-electron chi connectivity index (χ1n) is 5.87. The molecule has 0 aliphatic heterocycles. The van der Waals surface area contributed by atoms with E-state index in [1.165, 1.54) is 0 Å². The number of H-pyrrole nitrogens is 1. The Balaban J connectivity index is 2.23. The summed E-state index contributed by atoms with van der Waals surface area (Å²) in [5.74, 6) is 0.425. The number of hydrogen-bond acceptors (Lipinski definition) is 3. The molecule has 0 amide bonds. The molecule has 4 heteroatoms. The summed E-state index contributed by atoms with van der Waals surface area (Å²) in [5.41, 5.74) is 2.74. The van der Waals surface area contributed by atoms with Gasteiger partial charge in [-0.05, 0) is 42.5 Å². The molecule has 18 heavy (non-hydrogen) atoms. The molecule has 1 saturated carbocycles. The molecule has 2 heterocycles. The summed E-state index contributed by atoms with van der Waals surface area (Å²) in [4.78, 5) is 18.5. The van der Waals surface area contributed by atoms with E-state index < -0.39 is 0 Å². The molecule has 0 saturated heterocycles. The lowest BCUT2D eigenvalue weighted by Gasteiger charge is -2.08. The van der Waals surface area contributed by atoms with Gasteiger partial charge in [0.1, 0.15) is 11.6 Å². The lowest BCUT2D eigenvalue weighted by molar-refractivity contribution is 0.998. The molecular weight excluding hydrogens is 226 g/mol. The van der Waals surface area contributed by atoms with Crippen molar-refractivity contribution in [1.29, 1.82) is 5.26 Å². The van der Waals surface area contributed by atoms with Gasteiger partial charge in [-0.3, -0.25) is 9.78 Å². The molecule has 0 aromatic carbocycles. The second-order valence-corrected chi connectivity index (χ2v) is 4.46. The highest BCUT2D eigenvalue weighted by atomic mass is 16.1. The predicted octanol–water partition coefficient (Wildman–Crippen LogP) is 2.19. The van der Waals surface area contributed by atoms with E-state index in [1.54, 1.807) is 18.5 Å². The van der Waals surface area contributed by atoms with Crippen LogP contribution in [0.1, 0.15) is 30.0 Å². The molecule has 0 bridgehead atoms. The molecule has 0 radical (unpaired) electrons. The Labute approximate surface area is 104 Å². The van der Waals surface area contributed by atoms with Crippen molar-refractivity contribution in [2.75, 3.05) is 0 Å². The van der Waals surface area contributed by atoms with Gasteiger partial charge >= 0.3 is 0 Å². The number of hydrogen-bond donors (Lipinski definition) is 1. The fraction of sp³-hybridized carbons (Fsp3) is 0.214. The van der Waals surface area contributed by atoms with Crippen molar-refractivity contribution in [3.63, 3.8) is 0 Å². The highest BCUT2D eigenvalue weighted by Gasteiger charge is 2.28. The quantitative estimate of drug-likeness (QED) is 0.870. The zero-order valence-corrected chi connectivity index (χ0v) is 9.68.